The van der Waals surface area contributed by atoms with Gasteiger partial charge in [0, 0.05) is 24.7 Å². The van der Waals surface area contributed by atoms with Crippen molar-refractivity contribution < 1.29 is 19.1 Å². The smallest absolute Gasteiger partial charge is 0.265 e. The lowest BCUT2D eigenvalue weighted by atomic mass is 9.95. The van der Waals surface area contributed by atoms with Crippen LogP contribution < -0.4 is 5.32 Å². The van der Waals surface area contributed by atoms with E-state index in [2.05, 4.69) is 10.3 Å². The fraction of sp³-hybridized carbons (Fsp3) is 0.318. The summed E-state index contributed by atoms with van der Waals surface area (Å²) >= 11 is 1.34. The average Bonchev–Trinajstić information content (AvgIpc) is 3.35. The molecule has 3 heterocycles. The van der Waals surface area contributed by atoms with Crippen molar-refractivity contribution in [3.8, 4) is 16.5 Å². The Balaban J connectivity index is 1.37. The van der Waals surface area contributed by atoms with E-state index in [1.165, 1.54) is 23.5 Å². The number of carbonyl (C=O) groups excluding carboxylic acids is 2. The molecule has 2 N–H and O–H groups in total. The van der Waals surface area contributed by atoms with Crippen LogP contribution in [-0.2, 0) is 4.79 Å². The predicted molar refractivity (Wildman–Crippen MR) is 115 cm³/mol. The van der Waals surface area contributed by atoms with Crippen LogP contribution in [0.1, 0.15) is 34.0 Å². The van der Waals surface area contributed by atoms with Gasteiger partial charge in [-0.3, -0.25) is 9.59 Å². The molecule has 2 aromatic heterocycles. The number of carbonyl (C=O) groups is 2. The Morgan fingerprint density at radius 3 is 2.47 bits per heavy atom. The second-order valence-electron chi connectivity index (χ2n) is 7.45. The van der Waals surface area contributed by atoms with E-state index < -0.39 is 0 Å². The number of likely N-dealkylation sites (tertiary alicyclic amines) is 1. The lowest BCUT2D eigenvalue weighted by Crippen LogP contribution is -2.41. The molecule has 0 aliphatic carbocycles. The number of rotatable bonds is 4. The number of aromatic nitrogens is 1. The maximum Gasteiger partial charge on any atom is 0.265 e. The van der Waals surface area contributed by atoms with Gasteiger partial charge in [-0.25, -0.2) is 4.98 Å². The first-order valence-electron chi connectivity index (χ1n) is 9.84. The summed E-state index contributed by atoms with van der Waals surface area (Å²) in [4.78, 5) is 32.4. The van der Waals surface area contributed by atoms with Crippen LogP contribution in [0.2, 0.25) is 0 Å². The fourth-order valence-electron chi connectivity index (χ4n) is 3.53. The van der Waals surface area contributed by atoms with Gasteiger partial charge in [-0.05, 0) is 63.1 Å². The van der Waals surface area contributed by atoms with E-state index in [1.807, 2.05) is 26.0 Å². The van der Waals surface area contributed by atoms with Crippen LogP contribution in [0.4, 0.5) is 5.69 Å². The van der Waals surface area contributed by atoms with Crippen molar-refractivity contribution >= 4 is 28.8 Å². The van der Waals surface area contributed by atoms with Gasteiger partial charge in [-0.15, -0.1) is 11.3 Å². The summed E-state index contributed by atoms with van der Waals surface area (Å²) in [5.74, 6) is 1.38. The van der Waals surface area contributed by atoms with Crippen LogP contribution >= 0.6 is 11.3 Å². The van der Waals surface area contributed by atoms with Crippen molar-refractivity contribution in [1.82, 2.24) is 9.88 Å². The largest absolute Gasteiger partial charge is 0.508 e. The van der Waals surface area contributed by atoms with Gasteiger partial charge in [0.1, 0.15) is 16.4 Å². The third-order valence-corrected chi connectivity index (χ3v) is 6.39. The lowest BCUT2D eigenvalue weighted by molar-refractivity contribution is -0.121. The summed E-state index contributed by atoms with van der Waals surface area (Å²) in [5, 5.41) is 12.9. The molecule has 1 saturated heterocycles. The van der Waals surface area contributed by atoms with E-state index >= 15 is 0 Å². The summed E-state index contributed by atoms with van der Waals surface area (Å²) < 4.78 is 5.62. The van der Waals surface area contributed by atoms with Gasteiger partial charge in [0.25, 0.3) is 5.91 Å². The zero-order valence-electron chi connectivity index (χ0n) is 16.8. The molecule has 0 radical (unpaired) electrons. The summed E-state index contributed by atoms with van der Waals surface area (Å²) in [6, 6.07) is 10.1. The number of aromatic hydroxyl groups is 1. The molecule has 30 heavy (non-hydrogen) atoms. The fourth-order valence-corrected chi connectivity index (χ4v) is 4.52. The molecular weight excluding hydrogens is 402 g/mol. The number of hydrogen-bond donors (Lipinski definition) is 2. The minimum absolute atomic E-state index is 0.0445. The molecule has 1 fully saturated rings. The standard InChI is InChI=1S/C22H23N3O4S/c1-13-3-8-18(29-13)21-23-14(2)19(30-21)22(28)25-11-9-15(10-12-25)20(27)24-16-4-6-17(26)7-5-16/h3-8,15,26H,9-12H2,1-2H3,(H,24,27). The van der Waals surface area contributed by atoms with Gasteiger partial charge >= 0.3 is 0 Å². The first kappa shape index (κ1) is 20.2. The number of nitrogens with zero attached hydrogens (tertiary/aromatic N) is 2. The molecule has 0 spiro atoms. The second-order valence-corrected chi connectivity index (χ2v) is 8.45. The zero-order chi connectivity index (χ0) is 21.3. The van der Waals surface area contributed by atoms with Gasteiger partial charge in [0.2, 0.25) is 5.91 Å². The summed E-state index contributed by atoms with van der Waals surface area (Å²) in [7, 11) is 0. The molecule has 0 saturated carbocycles. The normalized spacial score (nSPS) is 14.7. The molecule has 1 aliphatic heterocycles. The number of nitrogens with one attached hydrogen (secondary N) is 1. The molecule has 1 aromatic carbocycles. The van der Waals surface area contributed by atoms with Crippen LogP contribution in [0, 0.1) is 19.8 Å². The third-order valence-electron chi connectivity index (χ3n) is 5.23. The van der Waals surface area contributed by atoms with Crippen molar-refractivity contribution in [3.63, 3.8) is 0 Å². The van der Waals surface area contributed by atoms with E-state index in [4.69, 9.17) is 4.42 Å². The molecule has 3 aromatic rings. The first-order chi connectivity index (χ1) is 14.4. The first-order valence-corrected chi connectivity index (χ1v) is 10.7. The van der Waals surface area contributed by atoms with Crippen LogP contribution in [-0.4, -0.2) is 39.9 Å². The Kier molecular flexibility index (Phi) is 5.59. The Hall–Kier alpha value is -3.13. The topological polar surface area (TPSA) is 95.7 Å². The number of hydrogen-bond acceptors (Lipinski definition) is 6. The van der Waals surface area contributed by atoms with Gasteiger partial charge < -0.3 is 19.7 Å². The average molecular weight is 426 g/mol. The summed E-state index contributed by atoms with van der Waals surface area (Å²) in [6.07, 6.45) is 1.22. The SMILES string of the molecule is Cc1ccc(-c2nc(C)c(C(=O)N3CCC(C(=O)Nc4ccc(O)cc4)CC3)s2)o1. The molecule has 4 rings (SSSR count). The van der Waals surface area contributed by atoms with Gasteiger partial charge in [-0.2, -0.15) is 0 Å². The molecule has 7 nitrogen and oxygen atoms in total. The van der Waals surface area contributed by atoms with Crippen LogP contribution in [0.25, 0.3) is 10.8 Å². The number of furan rings is 1. The highest BCUT2D eigenvalue weighted by molar-refractivity contribution is 7.17. The van der Waals surface area contributed by atoms with E-state index in [0.29, 0.717) is 53.0 Å². The number of piperidine rings is 1. The maximum absolute atomic E-state index is 13.0. The summed E-state index contributed by atoms with van der Waals surface area (Å²) in [6.45, 7) is 4.76. The van der Waals surface area contributed by atoms with E-state index in [9.17, 15) is 14.7 Å². The number of phenols is 1. The summed E-state index contributed by atoms with van der Waals surface area (Å²) in [5.41, 5.74) is 1.35. The van der Waals surface area contributed by atoms with Gasteiger partial charge in [0.15, 0.2) is 10.8 Å². The Morgan fingerprint density at radius 2 is 1.83 bits per heavy atom. The third kappa shape index (κ3) is 4.23. The van der Waals surface area contributed by atoms with Crippen molar-refractivity contribution in [2.24, 2.45) is 5.92 Å². The number of benzene rings is 1. The minimum Gasteiger partial charge on any atom is -0.508 e. The van der Waals surface area contributed by atoms with Crippen LogP contribution in [0.3, 0.4) is 0 Å². The minimum atomic E-state index is -0.146. The molecule has 0 unspecified atom stereocenters. The number of aryl methyl sites for hydroxylation is 2. The Labute approximate surface area is 178 Å². The number of thiazole rings is 1. The van der Waals surface area contributed by atoms with Gasteiger partial charge in [0.05, 0.1) is 5.69 Å². The quantitative estimate of drug-likeness (QED) is 0.610. The van der Waals surface area contributed by atoms with E-state index in [1.54, 1.807) is 17.0 Å². The van der Waals surface area contributed by atoms with Crippen molar-refractivity contribution in [2.45, 2.75) is 26.7 Å². The molecule has 156 valence electrons. The monoisotopic (exact) mass is 425 g/mol. The highest BCUT2D eigenvalue weighted by Gasteiger charge is 2.30. The molecule has 0 atom stereocenters. The van der Waals surface area contributed by atoms with E-state index in [-0.39, 0.29) is 23.5 Å². The van der Waals surface area contributed by atoms with Crippen molar-refractivity contribution in [3.05, 3.63) is 52.7 Å². The highest BCUT2D eigenvalue weighted by atomic mass is 32.1. The van der Waals surface area contributed by atoms with Crippen LogP contribution in [0.5, 0.6) is 5.75 Å². The maximum atomic E-state index is 13.0. The lowest BCUT2D eigenvalue weighted by Gasteiger charge is -2.31. The molecular formula is C22H23N3O4S. The highest BCUT2D eigenvalue weighted by Crippen LogP contribution is 2.31. The number of anilines is 1. The molecule has 1 aliphatic rings. The van der Waals surface area contributed by atoms with Crippen molar-refractivity contribution in [2.75, 3.05) is 18.4 Å². The zero-order valence-corrected chi connectivity index (χ0v) is 17.7. The Bertz CT molecular complexity index is 1060. The Morgan fingerprint density at radius 1 is 1.13 bits per heavy atom. The molecule has 8 heteroatoms. The molecule has 0 bridgehead atoms. The van der Waals surface area contributed by atoms with Crippen LogP contribution in [0.15, 0.2) is 40.8 Å². The predicted octanol–water partition coefficient (Wildman–Crippen LogP) is 4.22. The number of phenolic OH excluding ortho intramolecular Hbond substituents is 1. The van der Waals surface area contributed by atoms with E-state index in [0.717, 1.165) is 5.76 Å². The second kappa shape index (κ2) is 8.31. The van der Waals surface area contributed by atoms with Crippen molar-refractivity contribution in [1.29, 1.82) is 0 Å². The molecule has 2 amide bonds. The van der Waals surface area contributed by atoms with Gasteiger partial charge in [-0.1, -0.05) is 0 Å². The number of amides is 2.